The molecule has 0 fully saturated rings. The first-order valence-electron chi connectivity index (χ1n) is 16.4. The average Bonchev–Trinajstić information content (AvgIpc) is 3.56. The summed E-state index contributed by atoms with van der Waals surface area (Å²) in [4.78, 5) is 2.25. The van der Waals surface area contributed by atoms with Crippen molar-refractivity contribution in [3.05, 3.63) is 188 Å². The Morgan fingerprint density at radius 2 is 1.30 bits per heavy atom. The Labute approximate surface area is 307 Å². The molecule has 0 aliphatic carbocycles. The summed E-state index contributed by atoms with van der Waals surface area (Å²) < 4.78 is 10.4. The van der Waals surface area contributed by atoms with Gasteiger partial charge in [-0.2, -0.15) is 72.8 Å². The van der Waals surface area contributed by atoms with Crippen LogP contribution >= 0.6 is 0 Å². The molecule has 1 aromatic heterocycles. The van der Waals surface area contributed by atoms with Crippen LogP contribution in [0.15, 0.2) is 158 Å². The number of hydrogen-bond acceptors (Lipinski definition) is 2. The summed E-state index contributed by atoms with van der Waals surface area (Å²) in [6, 6.07) is 64.0. The third-order valence-corrected chi connectivity index (χ3v) is 9.13. The fraction of sp³-hybridized carbons (Fsp3) is 0.0227. The van der Waals surface area contributed by atoms with Crippen molar-refractivity contribution in [3.63, 3.8) is 0 Å². The molecule has 0 saturated carbocycles. The maximum absolute atomic E-state index is 6.24. The van der Waals surface area contributed by atoms with Crippen LogP contribution in [0.1, 0.15) is 5.56 Å². The SMILES string of the molecule is Cc1ccc(-[n+]2[c-]n(-c3[c-]cccc3)c3ccccc32)cc1.[Pt+4].[c-]1cccc2c1N1c3[c-]cccc3B(c3ccccc3)c3cccc(c31)O2. The summed E-state index contributed by atoms with van der Waals surface area (Å²) in [5, 5.41) is 0. The maximum atomic E-state index is 6.24. The van der Waals surface area contributed by atoms with Crippen molar-refractivity contribution in [1.29, 1.82) is 0 Å². The Bertz CT molecular complexity index is 2450. The Hall–Kier alpha value is -5.64. The quantitative estimate of drug-likeness (QED) is 0.105. The third kappa shape index (κ3) is 5.45. The summed E-state index contributed by atoms with van der Waals surface area (Å²) in [6.07, 6.45) is 3.44. The van der Waals surface area contributed by atoms with Gasteiger partial charge in [0.25, 0.3) is 6.33 Å². The van der Waals surface area contributed by atoms with Gasteiger partial charge in [-0.1, -0.05) is 101 Å². The van der Waals surface area contributed by atoms with E-state index < -0.39 is 0 Å². The number of aromatic nitrogens is 2. The zero-order chi connectivity index (χ0) is 32.7. The molecule has 50 heavy (non-hydrogen) atoms. The first kappa shape index (κ1) is 31.6. The van der Waals surface area contributed by atoms with Crippen LogP contribution in [-0.4, -0.2) is 11.3 Å². The molecule has 0 atom stereocenters. The first-order valence-corrected chi connectivity index (χ1v) is 16.4. The number of ether oxygens (including phenoxy) is 1. The van der Waals surface area contributed by atoms with E-state index >= 15 is 0 Å². The van der Waals surface area contributed by atoms with E-state index in [1.54, 1.807) is 0 Å². The van der Waals surface area contributed by atoms with Gasteiger partial charge < -0.3 is 14.2 Å². The van der Waals surface area contributed by atoms with Crippen molar-refractivity contribution in [3.8, 4) is 22.9 Å². The molecule has 7 aromatic carbocycles. The van der Waals surface area contributed by atoms with Crippen LogP contribution in [-0.2, 0) is 21.1 Å². The standard InChI is InChI=1S/C24H14BNO.C20H15N2.Pt/c1-2-9-17(10-3-1)25-18-11-4-5-13-20(18)26-21-14-6-7-15-22(21)27-23-16-8-12-19(25)24(23)26;1-16-11-13-18(14-12-16)22-15-21(17-7-3-2-4-8-17)19-9-5-6-10-20(19)22;/h1-12,15-16H;2-7,9-14H,1H3;/q-2;-1;+4. The fourth-order valence-electron chi connectivity index (χ4n) is 6.90. The molecule has 0 radical (unpaired) electrons. The van der Waals surface area contributed by atoms with Gasteiger partial charge in [-0.25, -0.2) is 0 Å². The second-order valence-corrected chi connectivity index (χ2v) is 12.2. The van der Waals surface area contributed by atoms with Crippen LogP contribution in [0.4, 0.5) is 17.1 Å². The van der Waals surface area contributed by atoms with Gasteiger partial charge in [-0.15, -0.1) is 11.5 Å². The normalized spacial score (nSPS) is 12.0. The molecule has 4 nitrogen and oxygen atoms in total. The number of benzene rings is 7. The van der Waals surface area contributed by atoms with Gasteiger partial charge in [0.15, 0.2) is 6.71 Å². The Balaban J connectivity index is 0.000000145. The van der Waals surface area contributed by atoms with Gasteiger partial charge in [0.1, 0.15) is 5.75 Å². The number of imidazole rings is 1. The minimum atomic E-state index is 0. The molecule has 10 rings (SSSR count). The zero-order valence-corrected chi connectivity index (χ0v) is 29.4. The summed E-state index contributed by atoms with van der Waals surface area (Å²) in [5.74, 6) is 1.70. The second-order valence-electron chi connectivity index (χ2n) is 12.2. The molecule has 3 heterocycles. The topological polar surface area (TPSA) is 21.3 Å². The van der Waals surface area contributed by atoms with Crippen LogP contribution < -0.4 is 30.6 Å². The predicted octanol–water partition coefficient (Wildman–Crippen LogP) is 7.51. The molecule has 6 heteroatoms. The largest absolute Gasteiger partial charge is 4.00 e. The molecule has 2 aliphatic heterocycles. The van der Waals surface area contributed by atoms with E-state index in [-0.39, 0.29) is 27.8 Å². The van der Waals surface area contributed by atoms with Crippen molar-refractivity contribution in [2.24, 2.45) is 0 Å². The number of anilines is 3. The average molecular weight is 822 g/mol. The molecule has 0 saturated heterocycles. The number of aryl methyl sites for hydroxylation is 1. The van der Waals surface area contributed by atoms with Gasteiger partial charge in [-0.05, 0) is 36.5 Å². The molecule has 0 bridgehead atoms. The first-order chi connectivity index (χ1) is 24.2. The van der Waals surface area contributed by atoms with E-state index in [4.69, 9.17) is 4.74 Å². The summed E-state index contributed by atoms with van der Waals surface area (Å²) in [5.41, 5.74) is 12.5. The van der Waals surface area contributed by atoms with Crippen LogP contribution in [0.2, 0.25) is 0 Å². The van der Waals surface area contributed by atoms with Crippen molar-refractivity contribution in [2.75, 3.05) is 4.90 Å². The Morgan fingerprint density at radius 3 is 2.12 bits per heavy atom. The van der Waals surface area contributed by atoms with Gasteiger partial charge in [-0.3, -0.25) is 4.57 Å². The van der Waals surface area contributed by atoms with Crippen molar-refractivity contribution in [1.82, 2.24) is 4.57 Å². The van der Waals surface area contributed by atoms with E-state index in [0.29, 0.717) is 0 Å². The molecule has 0 spiro atoms. The molecule has 2 aliphatic rings. The Kier molecular flexibility index (Phi) is 8.44. The van der Waals surface area contributed by atoms with Gasteiger partial charge in [0.2, 0.25) is 0 Å². The van der Waals surface area contributed by atoms with E-state index in [9.17, 15) is 0 Å². The number of para-hydroxylation sites is 6. The van der Waals surface area contributed by atoms with Crippen LogP contribution in [0.25, 0.3) is 22.4 Å². The smallest absolute Gasteiger partial charge is 0.513 e. The summed E-state index contributed by atoms with van der Waals surface area (Å²) in [6.45, 7) is 2.25. The van der Waals surface area contributed by atoms with Crippen molar-refractivity contribution >= 4 is 51.2 Å². The molecular weight excluding hydrogens is 792 g/mol. The number of rotatable bonds is 3. The van der Waals surface area contributed by atoms with Crippen molar-refractivity contribution < 1.29 is 30.4 Å². The zero-order valence-electron chi connectivity index (χ0n) is 27.2. The van der Waals surface area contributed by atoms with E-state index in [1.807, 2.05) is 54.6 Å². The minimum Gasteiger partial charge on any atom is -0.513 e. The molecule has 238 valence electrons. The molecule has 0 N–H and O–H groups in total. The number of hydrogen-bond donors (Lipinski definition) is 0. The van der Waals surface area contributed by atoms with E-state index in [2.05, 4.69) is 149 Å². The van der Waals surface area contributed by atoms with Gasteiger partial charge in [0, 0.05) is 5.75 Å². The fourth-order valence-corrected chi connectivity index (χ4v) is 6.90. The summed E-state index contributed by atoms with van der Waals surface area (Å²) >= 11 is 0. The molecule has 0 amide bonds. The maximum Gasteiger partial charge on any atom is 4.00 e. The van der Waals surface area contributed by atoms with Crippen molar-refractivity contribution in [2.45, 2.75) is 6.92 Å². The monoisotopic (exact) mass is 821 g/mol. The minimum absolute atomic E-state index is 0. The van der Waals surface area contributed by atoms with Gasteiger partial charge in [0.05, 0.1) is 22.4 Å². The number of fused-ring (bicyclic) bond motifs is 5. The van der Waals surface area contributed by atoms with E-state index in [0.717, 1.165) is 51.0 Å². The summed E-state index contributed by atoms with van der Waals surface area (Å²) in [7, 11) is 0. The Morgan fingerprint density at radius 1 is 0.600 bits per heavy atom. The molecule has 8 aromatic rings. The van der Waals surface area contributed by atoms with Gasteiger partial charge >= 0.3 is 21.1 Å². The molecule has 0 unspecified atom stereocenters. The van der Waals surface area contributed by atoms with E-state index in [1.165, 1.54) is 22.0 Å². The molecular formula is C44H29BN3OPt+. The number of nitrogens with zero attached hydrogens (tertiary/aromatic N) is 3. The van der Waals surface area contributed by atoms with Crippen LogP contribution in [0, 0.1) is 31.5 Å². The predicted molar refractivity (Wildman–Crippen MR) is 197 cm³/mol. The second kappa shape index (κ2) is 13.3. The van der Waals surface area contributed by atoms with Crippen LogP contribution in [0.3, 0.4) is 0 Å². The van der Waals surface area contributed by atoms with Crippen LogP contribution in [0.5, 0.6) is 11.5 Å². The third-order valence-electron chi connectivity index (χ3n) is 9.13.